The minimum absolute atomic E-state index is 0.118. The molecular weight excluding hydrogens is 480 g/mol. The molecule has 0 atom stereocenters. The number of barbiturate groups is 1. The Hall–Kier alpha value is -4.93. The lowest BCUT2D eigenvalue weighted by Crippen LogP contribution is -2.54. The highest BCUT2D eigenvalue weighted by Crippen LogP contribution is 2.34. The number of ether oxygens (including phenoxy) is 2. The molecule has 1 saturated heterocycles. The maximum absolute atomic E-state index is 13.4. The number of nitrogens with zero attached hydrogens (tertiary/aromatic N) is 3. The van der Waals surface area contributed by atoms with Crippen LogP contribution in [0.1, 0.15) is 23.9 Å². The third-order valence-corrected chi connectivity index (χ3v) is 5.89. The maximum atomic E-state index is 13.4. The van der Waals surface area contributed by atoms with Crippen LogP contribution in [0.25, 0.3) is 11.8 Å². The number of methoxy groups -OCH3 is 1. The zero-order chi connectivity index (χ0) is 26.9. The number of hydrogen-bond donors (Lipinski definition) is 1. The predicted octanol–water partition coefficient (Wildman–Crippen LogP) is 4.08. The molecule has 4 amide bonds. The molecule has 2 heterocycles. The van der Waals surface area contributed by atoms with Crippen molar-refractivity contribution in [2.45, 2.75) is 20.8 Å². The Balaban J connectivity index is 1.81. The first-order chi connectivity index (χ1) is 17.7. The summed E-state index contributed by atoms with van der Waals surface area (Å²) in [6.45, 7) is 5.62. The summed E-state index contributed by atoms with van der Waals surface area (Å²) in [4.78, 5) is 50.5. The second-order valence-corrected chi connectivity index (χ2v) is 8.13. The number of amides is 4. The Kier molecular flexibility index (Phi) is 6.79. The van der Waals surface area contributed by atoms with Crippen molar-refractivity contribution in [3.05, 3.63) is 81.2 Å². The molecule has 37 heavy (non-hydrogen) atoms. The van der Waals surface area contributed by atoms with Crippen LogP contribution in [0.5, 0.6) is 11.5 Å². The number of carbonyl (C=O) groups is 3. The summed E-state index contributed by atoms with van der Waals surface area (Å²) in [7, 11) is 1.46. The number of aryl methyl sites for hydroxylation is 1. The molecule has 1 aliphatic heterocycles. The molecule has 1 fully saturated rings. The summed E-state index contributed by atoms with van der Waals surface area (Å²) in [5.74, 6) is -0.919. The van der Waals surface area contributed by atoms with Crippen LogP contribution in [-0.2, 0) is 9.59 Å². The molecule has 0 aliphatic carbocycles. The Labute approximate surface area is 212 Å². The lowest BCUT2D eigenvalue weighted by Gasteiger charge is -2.27. The predicted molar refractivity (Wildman–Crippen MR) is 135 cm³/mol. The molecule has 0 spiro atoms. The summed E-state index contributed by atoms with van der Waals surface area (Å²) in [6, 6.07) is 11.6. The second kappa shape index (κ2) is 9.97. The zero-order valence-electron chi connectivity index (χ0n) is 20.6. The van der Waals surface area contributed by atoms with Crippen LogP contribution in [-0.4, -0.2) is 41.1 Å². The fourth-order valence-corrected chi connectivity index (χ4v) is 4.22. The molecule has 0 unspecified atom stereocenters. The van der Waals surface area contributed by atoms with Crippen LogP contribution in [0, 0.1) is 24.0 Å². The Morgan fingerprint density at radius 1 is 1.03 bits per heavy atom. The third-order valence-electron chi connectivity index (χ3n) is 5.89. The van der Waals surface area contributed by atoms with Crippen molar-refractivity contribution < 1.29 is 28.8 Å². The second-order valence-electron chi connectivity index (χ2n) is 8.13. The number of non-ortho nitro benzene ring substituents is 1. The van der Waals surface area contributed by atoms with Crippen molar-refractivity contribution in [3.63, 3.8) is 0 Å². The molecular formula is C26H24N4O7. The number of nitro benzene ring substituents is 1. The largest absolute Gasteiger partial charge is 0.495 e. The van der Waals surface area contributed by atoms with E-state index in [2.05, 4.69) is 5.32 Å². The molecule has 190 valence electrons. The topological polar surface area (TPSA) is 133 Å². The summed E-state index contributed by atoms with van der Waals surface area (Å²) in [5.41, 5.74) is 2.06. The number of aromatic nitrogens is 1. The smallest absolute Gasteiger partial charge is 0.336 e. The molecule has 11 nitrogen and oxygen atoms in total. The number of urea groups is 1. The highest BCUT2D eigenvalue weighted by molar-refractivity contribution is 6.39. The van der Waals surface area contributed by atoms with Crippen molar-refractivity contribution >= 4 is 35.3 Å². The Bertz CT molecular complexity index is 1470. The molecule has 1 aliphatic rings. The lowest BCUT2D eigenvalue weighted by molar-refractivity contribution is -0.384. The molecule has 0 radical (unpaired) electrons. The number of benzene rings is 2. The fourth-order valence-electron chi connectivity index (χ4n) is 4.22. The van der Waals surface area contributed by atoms with Gasteiger partial charge < -0.3 is 14.0 Å². The SMILES string of the molecule is CCOc1ccccc1N1C(=O)NC(=O)/C(=C\c2cc(C)n(-c3cc([N+](=O)[O-])ccc3OC)c2C)C1=O. The third kappa shape index (κ3) is 4.54. The lowest BCUT2D eigenvalue weighted by atomic mass is 10.1. The minimum Gasteiger partial charge on any atom is -0.495 e. The quantitative estimate of drug-likeness (QED) is 0.222. The van der Waals surface area contributed by atoms with Gasteiger partial charge in [-0.25, -0.2) is 9.69 Å². The van der Waals surface area contributed by atoms with Gasteiger partial charge in [-0.1, -0.05) is 12.1 Å². The van der Waals surface area contributed by atoms with E-state index in [9.17, 15) is 24.5 Å². The van der Waals surface area contributed by atoms with Gasteiger partial charge in [-0.3, -0.25) is 25.0 Å². The first-order valence-electron chi connectivity index (χ1n) is 11.3. The monoisotopic (exact) mass is 504 g/mol. The minimum atomic E-state index is -0.883. The van der Waals surface area contributed by atoms with Crippen molar-refractivity contribution in [2.24, 2.45) is 0 Å². The molecule has 1 N–H and O–H groups in total. The number of anilines is 1. The van der Waals surface area contributed by atoms with Crippen molar-refractivity contribution in [3.8, 4) is 17.2 Å². The van der Waals surface area contributed by atoms with E-state index < -0.39 is 22.8 Å². The average Bonchev–Trinajstić information content (AvgIpc) is 3.14. The number of imide groups is 2. The number of hydrogen-bond acceptors (Lipinski definition) is 7. The van der Waals surface area contributed by atoms with Gasteiger partial charge in [0.15, 0.2) is 0 Å². The van der Waals surface area contributed by atoms with E-state index in [1.165, 1.54) is 31.4 Å². The zero-order valence-corrected chi connectivity index (χ0v) is 20.6. The van der Waals surface area contributed by atoms with Crippen molar-refractivity contribution in [1.82, 2.24) is 9.88 Å². The van der Waals surface area contributed by atoms with E-state index >= 15 is 0 Å². The first kappa shape index (κ1) is 25.2. The van der Waals surface area contributed by atoms with E-state index in [0.717, 1.165) is 4.90 Å². The average molecular weight is 504 g/mol. The molecule has 0 saturated carbocycles. The normalized spacial score (nSPS) is 14.6. The van der Waals surface area contributed by atoms with Gasteiger partial charge in [0.2, 0.25) is 0 Å². The van der Waals surface area contributed by atoms with Gasteiger partial charge >= 0.3 is 6.03 Å². The number of rotatable bonds is 7. The van der Waals surface area contributed by atoms with Crippen LogP contribution in [0.4, 0.5) is 16.2 Å². The first-order valence-corrected chi connectivity index (χ1v) is 11.3. The van der Waals surface area contributed by atoms with Crippen molar-refractivity contribution in [2.75, 3.05) is 18.6 Å². The van der Waals surface area contributed by atoms with Gasteiger partial charge in [-0.05, 0) is 56.7 Å². The van der Waals surface area contributed by atoms with Gasteiger partial charge in [-0.2, -0.15) is 0 Å². The maximum Gasteiger partial charge on any atom is 0.336 e. The molecule has 3 aromatic rings. The van der Waals surface area contributed by atoms with Crippen LogP contribution < -0.4 is 19.7 Å². The molecule has 0 bridgehead atoms. The van der Waals surface area contributed by atoms with Gasteiger partial charge in [0.05, 0.1) is 30.0 Å². The highest BCUT2D eigenvalue weighted by Gasteiger charge is 2.38. The molecule has 4 rings (SSSR count). The van der Waals surface area contributed by atoms with E-state index in [1.807, 2.05) is 0 Å². The fraction of sp³-hybridized carbons (Fsp3) is 0.192. The highest BCUT2D eigenvalue weighted by atomic mass is 16.6. The molecule has 1 aromatic heterocycles. The van der Waals surface area contributed by atoms with Crippen LogP contribution in [0.2, 0.25) is 0 Å². The van der Waals surface area contributed by atoms with Gasteiger partial charge in [0.25, 0.3) is 17.5 Å². The number of para-hydroxylation sites is 2. The standard InChI is InChI=1S/C26H24N4O7/c1-5-37-23-9-7-6-8-20(23)29-25(32)19(24(31)27-26(29)33)13-17-12-15(2)28(16(17)3)21-14-18(30(34)35)10-11-22(21)36-4/h6-14H,5H2,1-4H3,(H,27,31,33)/b19-13+. The van der Waals surface area contributed by atoms with Gasteiger partial charge in [-0.15, -0.1) is 0 Å². The number of carbonyl (C=O) groups excluding carboxylic acids is 3. The van der Waals surface area contributed by atoms with E-state index in [1.54, 1.807) is 55.7 Å². The van der Waals surface area contributed by atoms with Crippen LogP contribution in [0.15, 0.2) is 54.1 Å². The van der Waals surface area contributed by atoms with Crippen LogP contribution in [0.3, 0.4) is 0 Å². The van der Waals surface area contributed by atoms with E-state index in [4.69, 9.17) is 9.47 Å². The van der Waals surface area contributed by atoms with Crippen LogP contribution >= 0.6 is 0 Å². The summed E-state index contributed by atoms with van der Waals surface area (Å²) >= 11 is 0. The van der Waals surface area contributed by atoms with Crippen molar-refractivity contribution in [1.29, 1.82) is 0 Å². The molecule has 11 heteroatoms. The Morgan fingerprint density at radius 2 is 1.76 bits per heavy atom. The number of nitro groups is 1. The summed E-state index contributed by atoms with van der Waals surface area (Å²) in [5, 5.41) is 13.6. The van der Waals surface area contributed by atoms with Gasteiger partial charge in [0, 0.05) is 23.5 Å². The van der Waals surface area contributed by atoms with E-state index in [0.29, 0.717) is 40.7 Å². The summed E-state index contributed by atoms with van der Waals surface area (Å²) < 4.78 is 12.7. The van der Waals surface area contributed by atoms with E-state index in [-0.39, 0.29) is 16.9 Å². The Morgan fingerprint density at radius 3 is 2.43 bits per heavy atom. The summed E-state index contributed by atoms with van der Waals surface area (Å²) in [6.07, 6.45) is 1.39. The van der Waals surface area contributed by atoms with Gasteiger partial charge in [0.1, 0.15) is 17.1 Å². The molecule has 2 aromatic carbocycles. The number of nitrogens with one attached hydrogen (secondary N) is 1.